The average Bonchev–Trinajstić information content (AvgIpc) is 2.33. The van der Waals surface area contributed by atoms with Gasteiger partial charge in [-0.3, -0.25) is 4.79 Å². The standard InChI is InChI=1S/C11H15Cl2N3O3S/c1-3-16(6-10(17)15-2)20(18,19)11-8(12)4-7(14)5-9(11)13/h4-5H,3,6,14H2,1-2H3,(H,15,17). The minimum absolute atomic E-state index is 0.0784. The van der Waals surface area contributed by atoms with Crippen LogP contribution >= 0.6 is 23.2 Å². The molecule has 1 aromatic carbocycles. The van der Waals surface area contributed by atoms with Crippen LogP contribution in [0.15, 0.2) is 17.0 Å². The molecule has 0 saturated heterocycles. The van der Waals surface area contributed by atoms with Crippen molar-refractivity contribution in [3.05, 3.63) is 22.2 Å². The van der Waals surface area contributed by atoms with E-state index in [1.807, 2.05) is 0 Å². The lowest BCUT2D eigenvalue weighted by Crippen LogP contribution is -2.39. The molecule has 0 radical (unpaired) electrons. The molecule has 0 bridgehead atoms. The Bertz CT molecular complexity index is 596. The average molecular weight is 340 g/mol. The minimum atomic E-state index is -3.98. The third kappa shape index (κ3) is 3.54. The number of halogens is 2. The zero-order chi connectivity index (χ0) is 15.5. The van der Waals surface area contributed by atoms with Gasteiger partial charge in [0.1, 0.15) is 4.90 Å². The van der Waals surface area contributed by atoms with E-state index in [9.17, 15) is 13.2 Å². The van der Waals surface area contributed by atoms with Gasteiger partial charge in [-0.15, -0.1) is 0 Å². The van der Waals surface area contributed by atoms with Crippen LogP contribution in [-0.4, -0.2) is 38.8 Å². The largest absolute Gasteiger partial charge is 0.399 e. The second kappa shape index (κ2) is 6.62. The van der Waals surface area contributed by atoms with Crippen molar-refractivity contribution in [1.29, 1.82) is 0 Å². The molecule has 20 heavy (non-hydrogen) atoms. The molecule has 0 atom stereocenters. The Labute approximate surface area is 127 Å². The number of rotatable bonds is 5. The number of nitrogens with one attached hydrogen (secondary N) is 1. The number of sulfonamides is 1. The van der Waals surface area contributed by atoms with E-state index in [1.165, 1.54) is 19.2 Å². The summed E-state index contributed by atoms with van der Waals surface area (Å²) in [6.07, 6.45) is 0. The molecule has 0 fully saturated rings. The summed E-state index contributed by atoms with van der Waals surface area (Å²) in [4.78, 5) is 11.1. The molecule has 0 aliphatic rings. The van der Waals surface area contributed by atoms with Crippen molar-refractivity contribution in [3.8, 4) is 0 Å². The zero-order valence-electron chi connectivity index (χ0n) is 11.0. The fourth-order valence-electron chi connectivity index (χ4n) is 1.56. The topological polar surface area (TPSA) is 92.5 Å². The normalized spacial score (nSPS) is 11.7. The summed E-state index contributed by atoms with van der Waals surface area (Å²) in [5, 5.41) is 2.20. The van der Waals surface area contributed by atoms with Gasteiger partial charge in [0, 0.05) is 19.3 Å². The van der Waals surface area contributed by atoms with Gasteiger partial charge in [0.15, 0.2) is 0 Å². The van der Waals surface area contributed by atoms with Crippen molar-refractivity contribution in [2.24, 2.45) is 0 Å². The molecule has 0 saturated carbocycles. The molecule has 0 aromatic heterocycles. The molecule has 0 unspecified atom stereocenters. The van der Waals surface area contributed by atoms with E-state index in [0.717, 1.165) is 4.31 Å². The van der Waals surface area contributed by atoms with Gasteiger partial charge >= 0.3 is 0 Å². The van der Waals surface area contributed by atoms with Crippen LogP contribution in [0.5, 0.6) is 0 Å². The van der Waals surface area contributed by atoms with Crippen molar-refractivity contribution in [2.45, 2.75) is 11.8 Å². The molecule has 1 rings (SSSR count). The number of amides is 1. The van der Waals surface area contributed by atoms with Gasteiger partial charge in [-0.05, 0) is 12.1 Å². The number of nitrogens with two attached hydrogens (primary N) is 1. The summed E-state index contributed by atoms with van der Waals surface area (Å²) in [6.45, 7) is 1.40. The number of hydrogen-bond acceptors (Lipinski definition) is 4. The molecule has 6 nitrogen and oxygen atoms in total. The molecule has 112 valence electrons. The van der Waals surface area contributed by atoms with Crippen molar-refractivity contribution < 1.29 is 13.2 Å². The predicted molar refractivity (Wildman–Crippen MR) is 79.4 cm³/mol. The summed E-state index contributed by atoms with van der Waals surface area (Å²) < 4.78 is 26.0. The highest BCUT2D eigenvalue weighted by Crippen LogP contribution is 2.33. The lowest BCUT2D eigenvalue weighted by Gasteiger charge is -2.21. The Hall–Kier alpha value is -1.02. The molecule has 9 heteroatoms. The molecule has 0 spiro atoms. The van der Waals surface area contributed by atoms with Gasteiger partial charge in [0.05, 0.1) is 16.6 Å². The maximum absolute atomic E-state index is 12.5. The number of likely N-dealkylation sites (N-methyl/N-ethyl adjacent to an activating group) is 2. The molecule has 1 amide bonds. The van der Waals surface area contributed by atoms with Crippen LogP contribution in [-0.2, 0) is 14.8 Å². The first-order valence-electron chi connectivity index (χ1n) is 5.69. The van der Waals surface area contributed by atoms with E-state index in [2.05, 4.69) is 5.32 Å². The van der Waals surface area contributed by atoms with Gasteiger partial charge in [0.25, 0.3) is 0 Å². The van der Waals surface area contributed by atoms with Crippen LogP contribution in [0.2, 0.25) is 10.0 Å². The van der Waals surface area contributed by atoms with Crippen LogP contribution in [0.25, 0.3) is 0 Å². The molecule has 1 aromatic rings. The quantitative estimate of drug-likeness (QED) is 0.791. The summed E-state index contributed by atoms with van der Waals surface area (Å²) in [7, 11) is -2.56. The third-order valence-corrected chi connectivity index (χ3v) is 5.41. The first-order chi connectivity index (χ1) is 9.23. The number of anilines is 1. The maximum Gasteiger partial charge on any atom is 0.246 e. The summed E-state index contributed by atoms with van der Waals surface area (Å²) in [6, 6.07) is 2.60. The van der Waals surface area contributed by atoms with E-state index in [1.54, 1.807) is 6.92 Å². The Balaban J connectivity index is 3.31. The van der Waals surface area contributed by atoms with Crippen molar-refractivity contribution >= 4 is 44.8 Å². The van der Waals surface area contributed by atoms with Crippen LogP contribution in [0.1, 0.15) is 6.92 Å². The first kappa shape index (κ1) is 17.0. The first-order valence-corrected chi connectivity index (χ1v) is 7.88. The van der Waals surface area contributed by atoms with Crippen molar-refractivity contribution in [1.82, 2.24) is 9.62 Å². The zero-order valence-corrected chi connectivity index (χ0v) is 13.3. The lowest BCUT2D eigenvalue weighted by atomic mass is 10.3. The highest BCUT2D eigenvalue weighted by atomic mass is 35.5. The van der Waals surface area contributed by atoms with Crippen LogP contribution < -0.4 is 11.1 Å². The molecular formula is C11H15Cl2N3O3S. The number of carbonyl (C=O) groups excluding carboxylic acids is 1. The highest BCUT2D eigenvalue weighted by molar-refractivity contribution is 7.89. The number of nitrogens with zero attached hydrogens (tertiary/aromatic N) is 1. The Morgan fingerprint density at radius 2 is 1.85 bits per heavy atom. The predicted octanol–water partition coefficient (Wildman–Crippen LogP) is 1.33. The van der Waals surface area contributed by atoms with Crippen LogP contribution in [0.3, 0.4) is 0 Å². The maximum atomic E-state index is 12.5. The number of carbonyl (C=O) groups is 1. The van der Waals surface area contributed by atoms with E-state index >= 15 is 0 Å². The number of hydrogen-bond donors (Lipinski definition) is 2. The van der Waals surface area contributed by atoms with E-state index in [-0.39, 0.29) is 33.7 Å². The van der Waals surface area contributed by atoms with Crippen LogP contribution in [0, 0.1) is 0 Å². The highest BCUT2D eigenvalue weighted by Gasteiger charge is 2.29. The monoisotopic (exact) mass is 339 g/mol. The van der Waals surface area contributed by atoms with Crippen molar-refractivity contribution in [3.63, 3.8) is 0 Å². The summed E-state index contributed by atoms with van der Waals surface area (Å²) in [5.74, 6) is -0.432. The van der Waals surface area contributed by atoms with Gasteiger partial charge < -0.3 is 11.1 Å². The third-order valence-electron chi connectivity index (χ3n) is 2.57. The molecule has 0 heterocycles. The fourth-order valence-corrected chi connectivity index (χ4v) is 4.15. The van der Waals surface area contributed by atoms with Crippen LogP contribution in [0.4, 0.5) is 5.69 Å². The minimum Gasteiger partial charge on any atom is -0.399 e. The molecule has 0 aliphatic heterocycles. The smallest absolute Gasteiger partial charge is 0.246 e. The van der Waals surface area contributed by atoms with E-state index in [0.29, 0.717) is 0 Å². The Morgan fingerprint density at radius 1 is 1.35 bits per heavy atom. The van der Waals surface area contributed by atoms with Gasteiger partial charge in [-0.2, -0.15) is 4.31 Å². The van der Waals surface area contributed by atoms with E-state index in [4.69, 9.17) is 28.9 Å². The lowest BCUT2D eigenvalue weighted by molar-refractivity contribution is -0.120. The molecular weight excluding hydrogens is 325 g/mol. The van der Waals surface area contributed by atoms with E-state index < -0.39 is 15.9 Å². The molecule has 3 N–H and O–H groups in total. The summed E-state index contributed by atoms with van der Waals surface area (Å²) >= 11 is 11.8. The second-order valence-corrected chi connectivity index (χ2v) is 6.61. The molecule has 0 aliphatic carbocycles. The van der Waals surface area contributed by atoms with Gasteiger partial charge in [0.2, 0.25) is 15.9 Å². The SMILES string of the molecule is CCN(CC(=O)NC)S(=O)(=O)c1c(Cl)cc(N)cc1Cl. The summed E-state index contributed by atoms with van der Waals surface area (Å²) in [5.41, 5.74) is 5.80. The fraction of sp³-hybridized carbons (Fsp3) is 0.364. The Kier molecular flexibility index (Phi) is 5.64. The van der Waals surface area contributed by atoms with Gasteiger partial charge in [-0.25, -0.2) is 8.42 Å². The second-order valence-electron chi connectivity index (χ2n) is 3.92. The number of nitrogen functional groups attached to an aromatic ring is 1. The van der Waals surface area contributed by atoms with Crippen molar-refractivity contribution in [2.75, 3.05) is 25.9 Å². The van der Waals surface area contributed by atoms with Gasteiger partial charge in [-0.1, -0.05) is 30.1 Å². The Morgan fingerprint density at radius 3 is 2.25 bits per heavy atom. The number of benzene rings is 1.